The Bertz CT molecular complexity index is 827. The molecule has 0 aliphatic carbocycles. The Morgan fingerprint density at radius 3 is 1.76 bits per heavy atom. The predicted molar refractivity (Wildman–Crippen MR) is 104 cm³/mol. The van der Waals surface area contributed by atoms with E-state index in [1.54, 1.807) is 0 Å². The van der Waals surface area contributed by atoms with Crippen LogP contribution in [0.1, 0.15) is 30.8 Å². The third-order valence-corrected chi connectivity index (χ3v) is 5.36. The van der Waals surface area contributed by atoms with Gasteiger partial charge < -0.3 is 14.7 Å². The zero-order valence-electron chi connectivity index (χ0n) is 16.4. The third-order valence-electron chi connectivity index (χ3n) is 5.36. The molecule has 2 saturated heterocycles. The van der Waals surface area contributed by atoms with Crippen LogP contribution in [-0.4, -0.2) is 59.4 Å². The number of hydrogen-bond acceptors (Lipinski definition) is 7. The van der Waals surface area contributed by atoms with Crippen LogP contribution in [0.2, 0.25) is 0 Å². The van der Waals surface area contributed by atoms with Crippen molar-refractivity contribution in [1.82, 2.24) is 20.2 Å². The van der Waals surface area contributed by atoms with Crippen molar-refractivity contribution in [3.63, 3.8) is 0 Å². The van der Waals surface area contributed by atoms with Gasteiger partial charge in [-0.05, 0) is 38.3 Å². The summed E-state index contributed by atoms with van der Waals surface area (Å²) in [5.74, 6) is 2.14. The lowest BCUT2D eigenvalue weighted by Gasteiger charge is -2.36. The molecule has 2 aromatic heterocycles. The van der Waals surface area contributed by atoms with E-state index in [4.69, 9.17) is 0 Å². The van der Waals surface area contributed by atoms with Crippen LogP contribution >= 0.6 is 0 Å². The third kappa shape index (κ3) is 4.51. The maximum absolute atomic E-state index is 13.0. The fourth-order valence-electron chi connectivity index (χ4n) is 3.80. The maximum Gasteiger partial charge on any atom is 0.433 e. The number of aryl methyl sites for hydroxylation is 1. The highest BCUT2D eigenvalue weighted by atomic mass is 19.4. The molecule has 2 fully saturated rings. The molecule has 0 bridgehead atoms. The van der Waals surface area contributed by atoms with E-state index in [-0.39, 0.29) is 5.82 Å². The number of nitrogens with zero attached hydrogens (tertiary/aromatic N) is 7. The summed E-state index contributed by atoms with van der Waals surface area (Å²) in [6.07, 6.45) is -0.841. The molecule has 0 aromatic carbocycles. The molecule has 2 aromatic rings. The first kappa shape index (κ1) is 19.7. The van der Waals surface area contributed by atoms with Crippen LogP contribution in [0.4, 0.5) is 30.6 Å². The van der Waals surface area contributed by atoms with Crippen molar-refractivity contribution in [3.05, 3.63) is 29.7 Å². The van der Waals surface area contributed by atoms with E-state index in [1.165, 1.54) is 26.2 Å². The lowest BCUT2D eigenvalue weighted by molar-refractivity contribution is -0.141. The van der Waals surface area contributed by atoms with Crippen LogP contribution in [0.25, 0.3) is 0 Å². The number of halogens is 3. The number of aromatic nitrogens is 4. The second kappa shape index (κ2) is 8.00. The molecule has 29 heavy (non-hydrogen) atoms. The topological polar surface area (TPSA) is 61.3 Å². The van der Waals surface area contributed by atoms with Gasteiger partial charge in [-0.25, -0.2) is 9.97 Å². The summed E-state index contributed by atoms with van der Waals surface area (Å²) in [6.45, 7) is 5.92. The first-order chi connectivity index (χ1) is 13.9. The first-order valence-corrected chi connectivity index (χ1v) is 9.91. The zero-order chi connectivity index (χ0) is 20.4. The number of alkyl halides is 3. The van der Waals surface area contributed by atoms with Gasteiger partial charge in [-0.2, -0.15) is 13.2 Å². The van der Waals surface area contributed by atoms with E-state index < -0.39 is 11.9 Å². The van der Waals surface area contributed by atoms with E-state index in [0.29, 0.717) is 32.0 Å². The summed E-state index contributed by atoms with van der Waals surface area (Å²) >= 11 is 0. The number of anilines is 3. The lowest BCUT2D eigenvalue weighted by Crippen LogP contribution is -2.47. The molecule has 0 amide bonds. The summed E-state index contributed by atoms with van der Waals surface area (Å²) < 4.78 is 39.1. The smallest absolute Gasteiger partial charge is 0.355 e. The summed E-state index contributed by atoms with van der Waals surface area (Å²) in [4.78, 5) is 13.9. The highest BCUT2D eigenvalue weighted by Gasteiger charge is 2.34. The monoisotopic (exact) mass is 407 g/mol. The number of rotatable bonds is 3. The minimum absolute atomic E-state index is 0.122. The lowest BCUT2D eigenvalue weighted by atomic mass is 10.1. The Morgan fingerprint density at radius 1 is 0.724 bits per heavy atom. The van der Waals surface area contributed by atoms with Crippen LogP contribution in [0.5, 0.6) is 0 Å². The maximum atomic E-state index is 13.0. The fourth-order valence-corrected chi connectivity index (χ4v) is 3.80. The minimum atomic E-state index is -4.48. The van der Waals surface area contributed by atoms with Crippen molar-refractivity contribution in [2.45, 2.75) is 32.4 Å². The van der Waals surface area contributed by atoms with Crippen molar-refractivity contribution in [1.29, 1.82) is 0 Å². The minimum Gasteiger partial charge on any atom is -0.355 e. The molecule has 0 radical (unpaired) electrons. The summed E-state index contributed by atoms with van der Waals surface area (Å²) in [6, 6.07) is 5.00. The summed E-state index contributed by atoms with van der Waals surface area (Å²) in [5, 5.41) is 8.76. The van der Waals surface area contributed by atoms with Crippen LogP contribution in [0.3, 0.4) is 0 Å². The molecule has 0 atom stereocenters. The highest BCUT2D eigenvalue weighted by molar-refractivity contribution is 5.48. The van der Waals surface area contributed by atoms with Crippen molar-refractivity contribution >= 4 is 17.5 Å². The molecule has 4 heterocycles. The van der Waals surface area contributed by atoms with Gasteiger partial charge in [0.2, 0.25) is 0 Å². The number of hydrogen-bond donors (Lipinski definition) is 0. The van der Waals surface area contributed by atoms with Crippen molar-refractivity contribution < 1.29 is 13.2 Å². The molecule has 2 aliphatic heterocycles. The largest absolute Gasteiger partial charge is 0.433 e. The van der Waals surface area contributed by atoms with Gasteiger partial charge in [0, 0.05) is 45.3 Å². The molecule has 0 N–H and O–H groups in total. The second-order valence-electron chi connectivity index (χ2n) is 7.43. The first-order valence-electron chi connectivity index (χ1n) is 9.91. The molecule has 2 aliphatic rings. The van der Waals surface area contributed by atoms with E-state index in [9.17, 15) is 13.2 Å². The Kier molecular flexibility index (Phi) is 5.42. The summed E-state index contributed by atoms with van der Waals surface area (Å²) in [7, 11) is 0. The van der Waals surface area contributed by atoms with E-state index in [1.807, 2.05) is 17.0 Å². The van der Waals surface area contributed by atoms with Gasteiger partial charge in [0.05, 0.1) is 0 Å². The van der Waals surface area contributed by atoms with Crippen molar-refractivity contribution in [2.24, 2.45) is 0 Å². The summed E-state index contributed by atoms with van der Waals surface area (Å²) in [5.41, 5.74) is -0.901. The molecule has 0 saturated carbocycles. The standard InChI is InChI=1S/C19H24F3N7/c1-14-23-15(19(20,21)22)13-18(24-14)29-11-9-28(10-12-29)17-6-5-16(25-26-17)27-7-3-2-4-8-27/h5-6,13H,2-4,7-12H2,1H3. The molecule has 4 rings (SSSR count). The van der Waals surface area contributed by atoms with Crippen LogP contribution < -0.4 is 14.7 Å². The molecular weight excluding hydrogens is 383 g/mol. The quantitative estimate of drug-likeness (QED) is 0.775. The van der Waals surface area contributed by atoms with E-state index >= 15 is 0 Å². The van der Waals surface area contributed by atoms with Crippen LogP contribution in [-0.2, 0) is 6.18 Å². The van der Waals surface area contributed by atoms with Gasteiger partial charge >= 0.3 is 6.18 Å². The Hall–Kier alpha value is -2.65. The number of piperazine rings is 1. The average Bonchev–Trinajstić information content (AvgIpc) is 2.74. The average molecular weight is 407 g/mol. The van der Waals surface area contributed by atoms with Gasteiger partial charge in [0.15, 0.2) is 11.6 Å². The molecule has 0 unspecified atom stereocenters. The second-order valence-corrected chi connectivity index (χ2v) is 7.43. The van der Waals surface area contributed by atoms with Crippen LogP contribution in [0.15, 0.2) is 18.2 Å². The van der Waals surface area contributed by atoms with Gasteiger partial charge in [-0.3, -0.25) is 0 Å². The fraction of sp³-hybridized carbons (Fsp3) is 0.579. The Balaban J connectivity index is 1.40. The van der Waals surface area contributed by atoms with Crippen LogP contribution in [0, 0.1) is 6.92 Å². The van der Waals surface area contributed by atoms with E-state index in [2.05, 4.69) is 30.0 Å². The van der Waals surface area contributed by atoms with Crippen molar-refractivity contribution in [3.8, 4) is 0 Å². The highest BCUT2D eigenvalue weighted by Crippen LogP contribution is 2.30. The van der Waals surface area contributed by atoms with Gasteiger partial charge in [-0.15, -0.1) is 10.2 Å². The molecule has 0 spiro atoms. The SMILES string of the molecule is Cc1nc(N2CCN(c3ccc(N4CCCCC4)nn3)CC2)cc(C(F)(F)F)n1. The molecule has 156 valence electrons. The van der Waals surface area contributed by atoms with Gasteiger partial charge in [-0.1, -0.05) is 0 Å². The van der Waals surface area contributed by atoms with Crippen molar-refractivity contribution in [2.75, 3.05) is 54.0 Å². The molecule has 7 nitrogen and oxygen atoms in total. The zero-order valence-corrected chi connectivity index (χ0v) is 16.4. The predicted octanol–water partition coefficient (Wildman–Crippen LogP) is 2.91. The molecular formula is C19H24F3N7. The normalized spacial score (nSPS) is 18.3. The molecule has 10 heteroatoms. The van der Waals surface area contributed by atoms with E-state index in [0.717, 1.165) is 30.8 Å². The van der Waals surface area contributed by atoms with Gasteiger partial charge in [0.25, 0.3) is 0 Å². The van der Waals surface area contributed by atoms with Gasteiger partial charge in [0.1, 0.15) is 17.3 Å². The Labute approximate surface area is 167 Å². The Morgan fingerprint density at radius 2 is 1.24 bits per heavy atom. The number of piperidine rings is 1.